The van der Waals surface area contributed by atoms with E-state index in [1.807, 2.05) is 30.5 Å². The molecule has 0 bridgehead atoms. The third-order valence-corrected chi connectivity index (χ3v) is 4.82. The third kappa shape index (κ3) is 3.12. The van der Waals surface area contributed by atoms with Crippen molar-refractivity contribution in [2.45, 2.75) is 27.3 Å². The Bertz CT molecular complexity index is 1100. The Balaban J connectivity index is 1.61. The van der Waals surface area contributed by atoms with Crippen molar-refractivity contribution in [3.8, 4) is 5.69 Å². The van der Waals surface area contributed by atoms with E-state index in [0.29, 0.717) is 0 Å². The first-order valence-electron chi connectivity index (χ1n) is 9.17. The standard InChI is InChI=1S/C22H23N5/c1-4-26-21-13-9-8-12-20(21)24-22(26)25-23-15-18-14-16(2)27(17(18)3)19-10-6-5-7-11-19/h5-15H,4H2,1-3H3,(H,24,25)/b23-15-. The van der Waals surface area contributed by atoms with E-state index in [9.17, 15) is 0 Å². The Morgan fingerprint density at radius 1 is 1.04 bits per heavy atom. The van der Waals surface area contributed by atoms with E-state index in [1.165, 1.54) is 5.69 Å². The van der Waals surface area contributed by atoms with Crippen LogP contribution in [0.4, 0.5) is 5.95 Å². The van der Waals surface area contributed by atoms with Gasteiger partial charge in [-0.05, 0) is 51.1 Å². The number of aromatic nitrogens is 3. The minimum absolute atomic E-state index is 0.756. The number of aryl methyl sites for hydroxylation is 2. The van der Waals surface area contributed by atoms with E-state index in [0.717, 1.165) is 40.5 Å². The van der Waals surface area contributed by atoms with Gasteiger partial charge in [-0.25, -0.2) is 10.4 Å². The van der Waals surface area contributed by atoms with Crippen LogP contribution >= 0.6 is 0 Å². The molecule has 0 radical (unpaired) electrons. The second-order valence-corrected chi connectivity index (χ2v) is 6.54. The van der Waals surface area contributed by atoms with Crippen molar-refractivity contribution in [2.24, 2.45) is 5.10 Å². The maximum absolute atomic E-state index is 4.64. The second-order valence-electron chi connectivity index (χ2n) is 6.54. The van der Waals surface area contributed by atoms with Gasteiger partial charge in [0.05, 0.1) is 17.2 Å². The molecule has 0 spiro atoms. The second kappa shape index (κ2) is 7.11. The minimum atomic E-state index is 0.756. The van der Waals surface area contributed by atoms with Gasteiger partial charge >= 0.3 is 0 Å². The Kier molecular flexibility index (Phi) is 4.50. The summed E-state index contributed by atoms with van der Waals surface area (Å²) >= 11 is 0. The Morgan fingerprint density at radius 2 is 1.78 bits per heavy atom. The van der Waals surface area contributed by atoms with Crippen LogP contribution in [0.2, 0.25) is 0 Å². The number of para-hydroxylation sites is 3. The summed E-state index contributed by atoms with van der Waals surface area (Å²) in [7, 11) is 0. The van der Waals surface area contributed by atoms with Gasteiger partial charge in [0.15, 0.2) is 0 Å². The van der Waals surface area contributed by atoms with E-state index in [2.05, 4.69) is 81.8 Å². The van der Waals surface area contributed by atoms with Crippen molar-refractivity contribution in [3.63, 3.8) is 0 Å². The fraction of sp³-hybridized carbons (Fsp3) is 0.182. The molecule has 27 heavy (non-hydrogen) atoms. The van der Waals surface area contributed by atoms with Crippen molar-refractivity contribution in [2.75, 3.05) is 5.43 Å². The van der Waals surface area contributed by atoms with Crippen LogP contribution < -0.4 is 5.43 Å². The molecule has 0 saturated heterocycles. The normalized spacial score (nSPS) is 11.5. The molecule has 4 rings (SSSR count). The molecule has 4 aromatic rings. The summed E-state index contributed by atoms with van der Waals surface area (Å²) in [5.74, 6) is 0.756. The lowest BCUT2D eigenvalue weighted by Gasteiger charge is -2.09. The minimum Gasteiger partial charge on any atom is -0.318 e. The van der Waals surface area contributed by atoms with Crippen LogP contribution in [0.15, 0.2) is 65.8 Å². The third-order valence-electron chi connectivity index (χ3n) is 4.82. The number of fused-ring (bicyclic) bond motifs is 1. The number of rotatable bonds is 5. The average molecular weight is 357 g/mol. The molecule has 5 nitrogen and oxygen atoms in total. The highest BCUT2D eigenvalue weighted by Crippen LogP contribution is 2.21. The van der Waals surface area contributed by atoms with Crippen LogP contribution in [0.25, 0.3) is 16.7 Å². The average Bonchev–Trinajstić information content (AvgIpc) is 3.18. The summed E-state index contributed by atoms with van der Waals surface area (Å²) in [6, 6.07) is 20.6. The predicted molar refractivity (Wildman–Crippen MR) is 112 cm³/mol. The molecule has 1 N–H and O–H groups in total. The van der Waals surface area contributed by atoms with Crippen molar-refractivity contribution in [1.82, 2.24) is 14.1 Å². The number of nitrogens with one attached hydrogen (secondary N) is 1. The number of hydrazone groups is 1. The van der Waals surface area contributed by atoms with Crippen LogP contribution in [0, 0.1) is 13.8 Å². The fourth-order valence-electron chi connectivity index (χ4n) is 3.53. The zero-order chi connectivity index (χ0) is 18.8. The SMILES string of the molecule is CCn1c(N/N=C\c2cc(C)n(-c3ccccc3)c2C)nc2ccccc21. The van der Waals surface area contributed by atoms with Crippen LogP contribution in [0.1, 0.15) is 23.9 Å². The highest BCUT2D eigenvalue weighted by atomic mass is 15.4. The molecular formula is C22H23N5. The zero-order valence-corrected chi connectivity index (χ0v) is 15.8. The van der Waals surface area contributed by atoms with Gasteiger partial charge in [0.25, 0.3) is 0 Å². The maximum Gasteiger partial charge on any atom is 0.224 e. The molecule has 0 fully saturated rings. The van der Waals surface area contributed by atoms with Gasteiger partial charge in [-0.1, -0.05) is 30.3 Å². The summed E-state index contributed by atoms with van der Waals surface area (Å²) in [5.41, 5.74) is 9.78. The fourth-order valence-corrected chi connectivity index (χ4v) is 3.53. The van der Waals surface area contributed by atoms with E-state index in [4.69, 9.17) is 0 Å². The monoisotopic (exact) mass is 357 g/mol. The Labute approximate surface area is 159 Å². The van der Waals surface area contributed by atoms with E-state index >= 15 is 0 Å². The molecule has 0 unspecified atom stereocenters. The highest BCUT2D eigenvalue weighted by molar-refractivity contribution is 5.83. The Hall–Kier alpha value is -3.34. The number of anilines is 1. The van der Waals surface area contributed by atoms with Crippen LogP contribution in [-0.2, 0) is 6.54 Å². The molecule has 5 heteroatoms. The molecule has 0 aliphatic carbocycles. The van der Waals surface area contributed by atoms with Crippen molar-refractivity contribution >= 4 is 23.2 Å². The van der Waals surface area contributed by atoms with Gasteiger partial charge in [-0.15, -0.1) is 0 Å². The molecule has 0 atom stereocenters. The predicted octanol–water partition coefficient (Wildman–Crippen LogP) is 4.91. The molecule has 2 heterocycles. The lowest BCUT2D eigenvalue weighted by Crippen LogP contribution is -2.02. The van der Waals surface area contributed by atoms with E-state index in [1.54, 1.807) is 0 Å². The molecular weight excluding hydrogens is 334 g/mol. The van der Waals surface area contributed by atoms with Gasteiger partial charge in [0.1, 0.15) is 0 Å². The number of hydrogen-bond acceptors (Lipinski definition) is 3. The quantitative estimate of drug-likeness (QED) is 0.407. The number of nitrogens with zero attached hydrogens (tertiary/aromatic N) is 4. The van der Waals surface area contributed by atoms with Gasteiger partial charge < -0.3 is 9.13 Å². The first-order valence-corrected chi connectivity index (χ1v) is 9.17. The highest BCUT2D eigenvalue weighted by Gasteiger charge is 2.10. The molecule has 2 aromatic carbocycles. The zero-order valence-electron chi connectivity index (χ0n) is 15.8. The maximum atomic E-state index is 4.64. The molecule has 0 aliphatic heterocycles. The smallest absolute Gasteiger partial charge is 0.224 e. The molecule has 2 aromatic heterocycles. The summed E-state index contributed by atoms with van der Waals surface area (Å²) in [4.78, 5) is 4.64. The van der Waals surface area contributed by atoms with Crippen LogP contribution in [0.3, 0.4) is 0 Å². The first kappa shape index (κ1) is 17.1. The lowest BCUT2D eigenvalue weighted by molar-refractivity contribution is 0.791. The topological polar surface area (TPSA) is 47.1 Å². The summed E-state index contributed by atoms with van der Waals surface area (Å²) in [5, 5.41) is 4.45. The van der Waals surface area contributed by atoms with Gasteiger partial charge in [-0.3, -0.25) is 0 Å². The molecule has 0 aliphatic rings. The summed E-state index contributed by atoms with van der Waals surface area (Å²) < 4.78 is 4.36. The largest absolute Gasteiger partial charge is 0.318 e. The number of benzene rings is 2. The van der Waals surface area contributed by atoms with Gasteiger partial charge in [0, 0.05) is 29.2 Å². The number of hydrogen-bond donors (Lipinski definition) is 1. The van der Waals surface area contributed by atoms with Crippen molar-refractivity contribution < 1.29 is 0 Å². The van der Waals surface area contributed by atoms with Crippen LogP contribution in [-0.4, -0.2) is 20.3 Å². The number of imidazole rings is 1. The molecule has 136 valence electrons. The first-order chi connectivity index (χ1) is 13.2. The van der Waals surface area contributed by atoms with Crippen molar-refractivity contribution in [1.29, 1.82) is 0 Å². The lowest BCUT2D eigenvalue weighted by atomic mass is 10.2. The molecule has 0 amide bonds. The van der Waals surface area contributed by atoms with Gasteiger partial charge in [-0.2, -0.15) is 5.10 Å². The van der Waals surface area contributed by atoms with Gasteiger partial charge in [0.2, 0.25) is 5.95 Å². The summed E-state index contributed by atoms with van der Waals surface area (Å²) in [6.45, 7) is 7.17. The molecule has 0 saturated carbocycles. The van der Waals surface area contributed by atoms with E-state index < -0.39 is 0 Å². The van der Waals surface area contributed by atoms with E-state index in [-0.39, 0.29) is 0 Å². The van der Waals surface area contributed by atoms with Crippen molar-refractivity contribution in [3.05, 3.63) is 77.6 Å². The summed E-state index contributed by atoms with van der Waals surface area (Å²) in [6.07, 6.45) is 1.86. The Morgan fingerprint density at radius 3 is 2.56 bits per heavy atom. The van der Waals surface area contributed by atoms with Crippen LogP contribution in [0.5, 0.6) is 0 Å².